The monoisotopic (exact) mass is 278 g/mol. The van der Waals surface area contributed by atoms with Crippen LogP contribution >= 0.6 is 25.3 Å². The highest BCUT2D eigenvalue weighted by atomic mass is 32.1. The average molecular weight is 279 g/mol. The number of rotatable bonds is 9. The molecular formula is C13H30N2S2. The van der Waals surface area contributed by atoms with Crippen LogP contribution in [0, 0.1) is 0 Å². The standard InChI is InChI=1S/C13H30N2S2/c1-6-8-15(11-13(4,5)17)9-7-14-10-12(2,3)16/h14,16-17H,6-11H2,1-5H3. The van der Waals surface area contributed by atoms with Crippen molar-refractivity contribution in [3.8, 4) is 0 Å². The van der Waals surface area contributed by atoms with Gasteiger partial charge in [-0.1, -0.05) is 6.92 Å². The minimum Gasteiger partial charge on any atom is -0.314 e. The molecule has 0 bridgehead atoms. The number of nitrogens with zero attached hydrogens (tertiary/aromatic N) is 1. The third-order valence-electron chi connectivity index (χ3n) is 2.31. The lowest BCUT2D eigenvalue weighted by Crippen LogP contribution is -2.41. The van der Waals surface area contributed by atoms with Crippen LogP contribution in [0.4, 0.5) is 0 Å². The molecule has 0 rings (SSSR count). The predicted octanol–water partition coefficient (Wildman–Crippen LogP) is 2.70. The highest BCUT2D eigenvalue weighted by molar-refractivity contribution is 7.82. The molecule has 0 aliphatic rings. The molecule has 104 valence electrons. The second-order valence-corrected chi connectivity index (χ2v) is 8.50. The molecule has 0 atom stereocenters. The minimum atomic E-state index is 0.0679. The van der Waals surface area contributed by atoms with E-state index >= 15 is 0 Å². The van der Waals surface area contributed by atoms with Gasteiger partial charge < -0.3 is 10.2 Å². The van der Waals surface area contributed by atoms with Gasteiger partial charge in [0.2, 0.25) is 0 Å². The molecule has 0 saturated carbocycles. The molecule has 0 unspecified atom stereocenters. The molecule has 0 aliphatic carbocycles. The summed E-state index contributed by atoms with van der Waals surface area (Å²) < 4.78 is 0.149. The molecule has 0 spiro atoms. The molecule has 0 radical (unpaired) electrons. The highest BCUT2D eigenvalue weighted by Crippen LogP contribution is 2.14. The van der Waals surface area contributed by atoms with Crippen molar-refractivity contribution in [2.75, 3.05) is 32.7 Å². The average Bonchev–Trinajstić information content (AvgIpc) is 2.08. The van der Waals surface area contributed by atoms with Gasteiger partial charge in [0, 0.05) is 35.7 Å². The number of thiol groups is 2. The number of nitrogens with one attached hydrogen (secondary N) is 1. The predicted molar refractivity (Wildman–Crippen MR) is 85.7 cm³/mol. The van der Waals surface area contributed by atoms with Crippen LogP contribution in [0.5, 0.6) is 0 Å². The molecule has 0 aromatic rings. The summed E-state index contributed by atoms with van der Waals surface area (Å²) in [5.74, 6) is 0. The van der Waals surface area contributed by atoms with Gasteiger partial charge in [-0.15, -0.1) is 0 Å². The number of hydrogen-bond donors (Lipinski definition) is 3. The van der Waals surface area contributed by atoms with E-state index in [1.165, 1.54) is 6.42 Å². The van der Waals surface area contributed by atoms with Gasteiger partial charge in [-0.2, -0.15) is 25.3 Å². The van der Waals surface area contributed by atoms with E-state index in [-0.39, 0.29) is 9.49 Å². The quantitative estimate of drug-likeness (QED) is 0.444. The van der Waals surface area contributed by atoms with Crippen LogP contribution in [0.3, 0.4) is 0 Å². The van der Waals surface area contributed by atoms with E-state index < -0.39 is 0 Å². The first-order chi connectivity index (χ1) is 7.64. The second-order valence-electron chi connectivity index (χ2n) is 6.08. The van der Waals surface area contributed by atoms with Gasteiger partial charge in [0.15, 0.2) is 0 Å². The SMILES string of the molecule is CCCN(CCNCC(C)(C)S)CC(C)(C)S. The maximum absolute atomic E-state index is 4.60. The van der Waals surface area contributed by atoms with Gasteiger partial charge >= 0.3 is 0 Å². The van der Waals surface area contributed by atoms with Crippen LogP contribution in [-0.4, -0.2) is 47.1 Å². The molecule has 0 heterocycles. The van der Waals surface area contributed by atoms with Crippen molar-refractivity contribution in [3.05, 3.63) is 0 Å². The Morgan fingerprint density at radius 1 is 1.00 bits per heavy atom. The third-order valence-corrected chi connectivity index (χ3v) is 2.61. The van der Waals surface area contributed by atoms with Gasteiger partial charge in [0.05, 0.1) is 0 Å². The summed E-state index contributed by atoms with van der Waals surface area (Å²) >= 11 is 9.10. The maximum atomic E-state index is 4.60. The lowest BCUT2D eigenvalue weighted by molar-refractivity contribution is 0.256. The smallest absolute Gasteiger partial charge is 0.0200 e. The fourth-order valence-electron chi connectivity index (χ4n) is 1.76. The summed E-state index contributed by atoms with van der Waals surface area (Å²) in [5.41, 5.74) is 0. The summed E-state index contributed by atoms with van der Waals surface area (Å²) in [6, 6.07) is 0. The molecule has 0 aliphatic heterocycles. The zero-order valence-electron chi connectivity index (χ0n) is 12.1. The van der Waals surface area contributed by atoms with Crippen LogP contribution in [-0.2, 0) is 0 Å². The van der Waals surface area contributed by atoms with E-state index in [9.17, 15) is 0 Å². The van der Waals surface area contributed by atoms with Gasteiger partial charge in [0.25, 0.3) is 0 Å². The highest BCUT2D eigenvalue weighted by Gasteiger charge is 2.16. The second kappa shape index (κ2) is 7.93. The van der Waals surface area contributed by atoms with Gasteiger partial charge in [0.1, 0.15) is 0 Å². The van der Waals surface area contributed by atoms with E-state index in [0.29, 0.717) is 0 Å². The lowest BCUT2D eigenvalue weighted by atomic mass is 10.2. The fraction of sp³-hybridized carbons (Fsp3) is 1.00. The third kappa shape index (κ3) is 12.9. The van der Waals surface area contributed by atoms with Crippen molar-refractivity contribution in [3.63, 3.8) is 0 Å². The van der Waals surface area contributed by atoms with E-state index in [4.69, 9.17) is 0 Å². The molecule has 0 amide bonds. The van der Waals surface area contributed by atoms with E-state index in [0.717, 1.165) is 32.7 Å². The molecule has 0 fully saturated rings. The maximum Gasteiger partial charge on any atom is 0.0200 e. The number of hydrogen-bond acceptors (Lipinski definition) is 4. The Kier molecular flexibility index (Phi) is 8.21. The van der Waals surface area contributed by atoms with Crippen LogP contribution in [0.15, 0.2) is 0 Å². The Morgan fingerprint density at radius 2 is 1.59 bits per heavy atom. The molecule has 17 heavy (non-hydrogen) atoms. The van der Waals surface area contributed by atoms with Gasteiger partial charge in [-0.25, -0.2) is 0 Å². The molecular weight excluding hydrogens is 248 g/mol. The molecule has 1 N–H and O–H groups in total. The molecule has 0 saturated heterocycles. The summed E-state index contributed by atoms with van der Waals surface area (Å²) in [4.78, 5) is 2.48. The summed E-state index contributed by atoms with van der Waals surface area (Å²) in [6.45, 7) is 16.1. The van der Waals surface area contributed by atoms with E-state index in [1.807, 2.05) is 0 Å². The van der Waals surface area contributed by atoms with Crippen molar-refractivity contribution in [1.82, 2.24) is 10.2 Å². The topological polar surface area (TPSA) is 15.3 Å². The molecule has 4 heteroatoms. The zero-order valence-corrected chi connectivity index (χ0v) is 13.9. The first-order valence-electron chi connectivity index (χ1n) is 6.52. The normalized spacial score (nSPS) is 13.4. The van der Waals surface area contributed by atoms with Crippen LogP contribution in [0.1, 0.15) is 41.0 Å². The zero-order chi connectivity index (χ0) is 13.5. The van der Waals surface area contributed by atoms with E-state index in [2.05, 4.69) is 70.1 Å². The Bertz CT molecular complexity index is 195. The van der Waals surface area contributed by atoms with Crippen molar-refractivity contribution in [1.29, 1.82) is 0 Å². The fourth-order valence-corrected chi connectivity index (χ4v) is 2.08. The van der Waals surface area contributed by atoms with Crippen molar-refractivity contribution in [2.24, 2.45) is 0 Å². The molecule has 0 aromatic carbocycles. The van der Waals surface area contributed by atoms with E-state index in [1.54, 1.807) is 0 Å². The summed E-state index contributed by atoms with van der Waals surface area (Å²) in [6.07, 6.45) is 1.20. The van der Waals surface area contributed by atoms with Crippen LogP contribution in [0.2, 0.25) is 0 Å². The van der Waals surface area contributed by atoms with Gasteiger partial charge in [-0.05, 0) is 40.7 Å². The Morgan fingerprint density at radius 3 is 2.00 bits per heavy atom. The Hall–Kier alpha value is 0.620. The summed E-state index contributed by atoms with van der Waals surface area (Å²) in [5, 5.41) is 3.46. The van der Waals surface area contributed by atoms with Crippen molar-refractivity contribution < 1.29 is 0 Å². The molecule has 0 aromatic heterocycles. The largest absolute Gasteiger partial charge is 0.314 e. The van der Waals surface area contributed by atoms with Gasteiger partial charge in [-0.3, -0.25) is 0 Å². The van der Waals surface area contributed by atoms with Crippen LogP contribution in [0.25, 0.3) is 0 Å². The summed E-state index contributed by atoms with van der Waals surface area (Å²) in [7, 11) is 0. The Labute approximate surface area is 119 Å². The Balaban J connectivity index is 3.85. The lowest BCUT2D eigenvalue weighted by Gasteiger charge is -2.29. The van der Waals surface area contributed by atoms with Crippen LogP contribution < -0.4 is 5.32 Å². The van der Waals surface area contributed by atoms with Crippen molar-refractivity contribution in [2.45, 2.75) is 50.5 Å². The first-order valence-corrected chi connectivity index (χ1v) is 7.41. The van der Waals surface area contributed by atoms with Crippen molar-refractivity contribution >= 4 is 25.3 Å². The first kappa shape index (κ1) is 17.6. The minimum absolute atomic E-state index is 0.0679. The molecule has 2 nitrogen and oxygen atoms in total.